The first-order valence-electron chi connectivity index (χ1n) is 7.39. The number of carbonyl (C=O) groups excluding carboxylic acids is 2. The summed E-state index contributed by atoms with van der Waals surface area (Å²) in [6.07, 6.45) is 0. The smallest absolute Gasteiger partial charge is 0.228 e. The molecule has 1 amide bonds. The second kappa shape index (κ2) is 8.04. The van der Waals surface area contributed by atoms with Gasteiger partial charge in [0.1, 0.15) is 0 Å². The molecular formula is C18H17ClN2O2S. The van der Waals surface area contributed by atoms with Crippen LogP contribution in [0.4, 0.5) is 5.69 Å². The van der Waals surface area contributed by atoms with E-state index in [1.807, 2.05) is 6.07 Å². The number of nitrogens with one attached hydrogen (secondary N) is 2. The standard InChI is InChI=1S/C18H17ClN2O2S/c1-11(2)17(23)21-18(24)20-15-9-8-13(19)10-14(15)16(22)12-6-4-3-5-7-12/h3-11H,1-2H3,(H2,20,21,23,24). The van der Waals surface area contributed by atoms with Gasteiger partial charge in [0.15, 0.2) is 10.9 Å². The first-order chi connectivity index (χ1) is 11.4. The van der Waals surface area contributed by atoms with E-state index in [-0.39, 0.29) is 22.7 Å². The van der Waals surface area contributed by atoms with Crippen molar-refractivity contribution in [3.05, 3.63) is 64.7 Å². The molecule has 2 aromatic rings. The highest BCUT2D eigenvalue weighted by Gasteiger charge is 2.16. The maximum atomic E-state index is 12.7. The van der Waals surface area contributed by atoms with Crippen LogP contribution in [0, 0.1) is 5.92 Å². The van der Waals surface area contributed by atoms with Crippen LogP contribution in [0.5, 0.6) is 0 Å². The summed E-state index contributed by atoms with van der Waals surface area (Å²) in [6.45, 7) is 3.54. The fourth-order valence-corrected chi connectivity index (χ4v) is 2.35. The van der Waals surface area contributed by atoms with Gasteiger partial charge in [-0.3, -0.25) is 9.59 Å². The van der Waals surface area contributed by atoms with Crippen LogP contribution >= 0.6 is 23.8 Å². The lowest BCUT2D eigenvalue weighted by Crippen LogP contribution is -2.37. The predicted molar refractivity (Wildman–Crippen MR) is 101 cm³/mol. The second-order valence-corrected chi connectivity index (χ2v) is 6.33. The molecule has 0 saturated carbocycles. The normalized spacial score (nSPS) is 10.3. The van der Waals surface area contributed by atoms with Crippen LogP contribution in [-0.4, -0.2) is 16.8 Å². The van der Waals surface area contributed by atoms with Crippen LogP contribution in [0.1, 0.15) is 29.8 Å². The summed E-state index contributed by atoms with van der Waals surface area (Å²) >= 11 is 11.2. The van der Waals surface area contributed by atoms with E-state index in [1.165, 1.54) is 0 Å². The van der Waals surface area contributed by atoms with Crippen molar-refractivity contribution in [2.24, 2.45) is 5.92 Å². The largest absolute Gasteiger partial charge is 0.332 e. The van der Waals surface area contributed by atoms with Gasteiger partial charge in [-0.1, -0.05) is 55.8 Å². The van der Waals surface area contributed by atoms with Gasteiger partial charge in [0, 0.05) is 22.1 Å². The van der Waals surface area contributed by atoms with E-state index < -0.39 is 0 Å². The number of ketones is 1. The molecule has 0 heterocycles. The maximum absolute atomic E-state index is 12.7. The number of anilines is 1. The fourth-order valence-electron chi connectivity index (χ4n) is 1.97. The number of hydrogen-bond acceptors (Lipinski definition) is 3. The SMILES string of the molecule is CC(C)C(=O)NC(=S)Nc1ccc(Cl)cc1C(=O)c1ccccc1. The van der Waals surface area contributed by atoms with Gasteiger partial charge in [0.05, 0.1) is 5.69 Å². The molecule has 0 aliphatic carbocycles. The topological polar surface area (TPSA) is 58.2 Å². The van der Waals surface area contributed by atoms with Crippen molar-refractivity contribution in [1.82, 2.24) is 5.32 Å². The van der Waals surface area contributed by atoms with Crippen LogP contribution in [0.15, 0.2) is 48.5 Å². The maximum Gasteiger partial charge on any atom is 0.228 e. The van der Waals surface area contributed by atoms with Crippen LogP contribution < -0.4 is 10.6 Å². The molecule has 0 spiro atoms. The molecular weight excluding hydrogens is 344 g/mol. The van der Waals surface area contributed by atoms with Gasteiger partial charge < -0.3 is 10.6 Å². The van der Waals surface area contributed by atoms with Crippen molar-refractivity contribution < 1.29 is 9.59 Å². The molecule has 0 unspecified atom stereocenters. The molecule has 6 heteroatoms. The van der Waals surface area contributed by atoms with E-state index in [4.69, 9.17) is 23.8 Å². The molecule has 2 rings (SSSR count). The first kappa shape index (κ1) is 18.1. The predicted octanol–water partition coefficient (Wildman–Crippen LogP) is 4.04. The Morgan fingerprint density at radius 2 is 1.75 bits per heavy atom. The Kier molecular flexibility index (Phi) is 6.06. The fraction of sp³-hybridized carbons (Fsp3) is 0.167. The lowest BCUT2D eigenvalue weighted by Gasteiger charge is -2.14. The Morgan fingerprint density at radius 1 is 1.08 bits per heavy atom. The number of halogens is 1. The molecule has 0 bridgehead atoms. The molecule has 0 radical (unpaired) electrons. The molecule has 0 aromatic heterocycles. The highest BCUT2D eigenvalue weighted by atomic mass is 35.5. The second-order valence-electron chi connectivity index (χ2n) is 5.48. The van der Waals surface area contributed by atoms with Gasteiger partial charge in [-0.25, -0.2) is 0 Å². The van der Waals surface area contributed by atoms with Crippen molar-refractivity contribution >= 4 is 46.3 Å². The Balaban J connectivity index is 2.27. The Labute approximate surface area is 151 Å². The third kappa shape index (κ3) is 4.63. The van der Waals surface area contributed by atoms with Crippen molar-refractivity contribution in [2.45, 2.75) is 13.8 Å². The zero-order valence-electron chi connectivity index (χ0n) is 13.3. The monoisotopic (exact) mass is 360 g/mol. The molecule has 2 N–H and O–H groups in total. The third-order valence-corrected chi connectivity index (χ3v) is 3.71. The summed E-state index contributed by atoms with van der Waals surface area (Å²) in [5, 5.41) is 6.06. The van der Waals surface area contributed by atoms with Crippen molar-refractivity contribution in [1.29, 1.82) is 0 Å². The van der Waals surface area contributed by atoms with E-state index in [2.05, 4.69) is 10.6 Å². The molecule has 124 valence electrons. The first-order valence-corrected chi connectivity index (χ1v) is 8.18. The van der Waals surface area contributed by atoms with Gasteiger partial charge in [-0.2, -0.15) is 0 Å². The average Bonchev–Trinajstić information content (AvgIpc) is 2.56. The number of rotatable bonds is 4. The van der Waals surface area contributed by atoms with Crippen molar-refractivity contribution in [3.8, 4) is 0 Å². The quantitative estimate of drug-likeness (QED) is 0.638. The third-order valence-electron chi connectivity index (χ3n) is 3.27. The van der Waals surface area contributed by atoms with Gasteiger partial charge in [-0.05, 0) is 30.4 Å². The van der Waals surface area contributed by atoms with E-state index in [0.717, 1.165) is 0 Å². The zero-order valence-corrected chi connectivity index (χ0v) is 14.9. The number of hydrogen-bond donors (Lipinski definition) is 2. The summed E-state index contributed by atoms with van der Waals surface area (Å²) in [5.41, 5.74) is 1.41. The van der Waals surface area contributed by atoms with Gasteiger partial charge >= 0.3 is 0 Å². The summed E-state index contributed by atoms with van der Waals surface area (Å²) in [6, 6.07) is 13.8. The van der Waals surface area contributed by atoms with Crippen LogP contribution in [0.2, 0.25) is 5.02 Å². The number of amides is 1. The van der Waals surface area contributed by atoms with Gasteiger partial charge in [0.2, 0.25) is 5.91 Å². The molecule has 4 nitrogen and oxygen atoms in total. The average molecular weight is 361 g/mol. The minimum absolute atomic E-state index is 0.137. The van der Waals surface area contributed by atoms with E-state index >= 15 is 0 Å². The molecule has 0 aliphatic rings. The minimum Gasteiger partial charge on any atom is -0.332 e. The minimum atomic E-state index is -0.197. The summed E-state index contributed by atoms with van der Waals surface area (Å²) in [5.74, 6) is -0.573. The molecule has 24 heavy (non-hydrogen) atoms. The van der Waals surface area contributed by atoms with Crippen LogP contribution in [0.25, 0.3) is 0 Å². The Morgan fingerprint density at radius 3 is 2.38 bits per heavy atom. The van der Waals surface area contributed by atoms with Gasteiger partial charge in [-0.15, -0.1) is 0 Å². The van der Waals surface area contributed by atoms with E-state index in [0.29, 0.717) is 21.8 Å². The lowest BCUT2D eigenvalue weighted by atomic mass is 10.0. The number of benzene rings is 2. The molecule has 0 saturated heterocycles. The van der Waals surface area contributed by atoms with Crippen molar-refractivity contribution in [2.75, 3.05) is 5.32 Å². The summed E-state index contributed by atoms with van der Waals surface area (Å²) < 4.78 is 0. The van der Waals surface area contributed by atoms with Crippen LogP contribution in [-0.2, 0) is 4.79 Å². The van der Waals surface area contributed by atoms with Gasteiger partial charge in [0.25, 0.3) is 0 Å². The summed E-state index contributed by atoms with van der Waals surface area (Å²) in [7, 11) is 0. The zero-order chi connectivity index (χ0) is 17.7. The van der Waals surface area contributed by atoms with E-state index in [1.54, 1.807) is 56.3 Å². The highest BCUT2D eigenvalue weighted by Crippen LogP contribution is 2.23. The molecule has 0 aliphatic heterocycles. The molecule has 0 atom stereocenters. The summed E-state index contributed by atoms with van der Waals surface area (Å²) in [4.78, 5) is 24.4. The molecule has 2 aromatic carbocycles. The van der Waals surface area contributed by atoms with Crippen molar-refractivity contribution in [3.63, 3.8) is 0 Å². The number of carbonyl (C=O) groups is 2. The highest BCUT2D eigenvalue weighted by molar-refractivity contribution is 7.80. The Hall–Kier alpha value is -2.24. The van der Waals surface area contributed by atoms with E-state index in [9.17, 15) is 9.59 Å². The Bertz CT molecular complexity index is 776. The lowest BCUT2D eigenvalue weighted by molar-refractivity contribution is -0.122. The van der Waals surface area contributed by atoms with Crippen LogP contribution in [0.3, 0.4) is 0 Å². The number of thiocarbonyl (C=S) groups is 1. The molecule has 0 fully saturated rings.